The minimum atomic E-state index is -0.00764. The van der Waals surface area contributed by atoms with Crippen LogP contribution in [0, 0.1) is 17.8 Å². The van der Waals surface area contributed by atoms with Crippen LogP contribution in [-0.2, 0) is 0 Å². The van der Waals surface area contributed by atoms with Crippen molar-refractivity contribution in [1.82, 2.24) is 0 Å². The Balaban J connectivity index is 2.05. The fourth-order valence-corrected chi connectivity index (χ4v) is 2.90. The Morgan fingerprint density at radius 1 is 1.36 bits per heavy atom. The zero-order valence-corrected chi connectivity index (χ0v) is 6.87. The molecule has 2 aliphatic carbocycles. The van der Waals surface area contributed by atoms with Crippen molar-refractivity contribution in [1.29, 1.82) is 0 Å². The van der Waals surface area contributed by atoms with E-state index in [1.165, 1.54) is 19.3 Å². The Kier molecular flexibility index (Phi) is 1.76. The molecule has 0 aromatic heterocycles. The lowest BCUT2D eigenvalue weighted by atomic mass is 9.84. The number of rotatable bonds is 2. The van der Waals surface area contributed by atoms with Crippen LogP contribution in [0.15, 0.2) is 12.7 Å². The lowest BCUT2D eigenvalue weighted by molar-refractivity contribution is 0.0604. The second kappa shape index (κ2) is 2.63. The molecule has 2 rings (SSSR count). The number of hydrogen-bond donors (Lipinski definition) is 1. The topological polar surface area (TPSA) is 20.2 Å². The maximum Gasteiger partial charge on any atom is 0.0602 e. The van der Waals surface area contributed by atoms with Crippen LogP contribution >= 0.6 is 0 Å². The average Bonchev–Trinajstić information content (AvgIpc) is 2.54. The molecule has 0 heterocycles. The second-order valence-electron chi connectivity index (χ2n) is 4.01. The summed E-state index contributed by atoms with van der Waals surface area (Å²) in [6, 6.07) is 0. The van der Waals surface area contributed by atoms with Gasteiger partial charge in [0.05, 0.1) is 6.10 Å². The van der Waals surface area contributed by atoms with Gasteiger partial charge in [-0.25, -0.2) is 0 Å². The maximum absolute atomic E-state index is 9.76. The molecule has 0 aromatic carbocycles. The summed E-state index contributed by atoms with van der Waals surface area (Å²) in [5, 5.41) is 9.76. The van der Waals surface area contributed by atoms with E-state index >= 15 is 0 Å². The molecule has 62 valence electrons. The molecule has 2 bridgehead atoms. The van der Waals surface area contributed by atoms with Gasteiger partial charge in [0.15, 0.2) is 0 Å². The summed E-state index contributed by atoms with van der Waals surface area (Å²) in [6.07, 6.45) is 6.85. The Labute approximate surface area is 68.1 Å². The Hall–Kier alpha value is -0.300. The second-order valence-corrected chi connectivity index (χ2v) is 4.01. The molecule has 0 unspecified atom stereocenters. The summed E-state index contributed by atoms with van der Waals surface area (Å²) in [4.78, 5) is 0. The van der Waals surface area contributed by atoms with E-state index in [1.807, 2.05) is 6.08 Å². The van der Waals surface area contributed by atoms with Gasteiger partial charge in [-0.1, -0.05) is 6.08 Å². The normalized spacial score (nSPS) is 48.1. The van der Waals surface area contributed by atoms with E-state index < -0.39 is 0 Å². The van der Waals surface area contributed by atoms with E-state index in [1.54, 1.807) is 0 Å². The SMILES string of the molecule is C=CC[C@@H]1[C@H]2CC[C@H](C2)[C@@H]1O. The fraction of sp³-hybridized carbons (Fsp3) is 0.800. The molecule has 2 saturated carbocycles. The zero-order chi connectivity index (χ0) is 7.84. The molecule has 4 atom stereocenters. The molecule has 1 nitrogen and oxygen atoms in total. The molecule has 0 saturated heterocycles. The van der Waals surface area contributed by atoms with Crippen molar-refractivity contribution in [3.8, 4) is 0 Å². The van der Waals surface area contributed by atoms with Gasteiger partial charge in [-0.15, -0.1) is 6.58 Å². The van der Waals surface area contributed by atoms with Gasteiger partial charge >= 0.3 is 0 Å². The first-order valence-corrected chi connectivity index (χ1v) is 4.62. The van der Waals surface area contributed by atoms with Crippen LogP contribution in [0.1, 0.15) is 25.7 Å². The van der Waals surface area contributed by atoms with Crippen molar-refractivity contribution in [3.05, 3.63) is 12.7 Å². The van der Waals surface area contributed by atoms with Crippen molar-refractivity contribution in [2.75, 3.05) is 0 Å². The van der Waals surface area contributed by atoms with Gasteiger partial charge in [-0.2, -0.15) is 0 Å². The van der Waals surface area contributed by atoms with Crippen molar-refractivity contribution in [2.45, 2.75) is 31.8 Å². The molecule has 0 radical (unpaired) electrons. The summed E-state index contributed by atoms with van der Waals surface area (Å²) in [7, 11) is 0. The highest BCUT2D eigenvalue weighted by atomic mass is 16.3. The minimum Gasteiger partial charge on any atom is -0.393 e. The third-order valence-electron chi connectivity index (χ3n) is 3.48. The average molecular weight is 152 g/mol. The predicted molar refractivity (Wildman–Crippen MR) is 45.1 cm³/mol. The predicted octanol–water partition coefficient (Wildman–Crippen LogP) is 1.97. The van der Waals surface area contributed by atoms with E-state index in [0.29, 0.717) is 11.8 Å². The number of aliphatic hydroxyl groups is 1. The van der Waals surface area contributed by atoms with Crippen LogP contribution < -0.4 is 0 Å². The van der Waals surface area contributed by atoms with Crippen molar-refractivity contribution in [3.63, 3.8) is 0 Å². The monoisotopic (exact) mass is 152 g/mol. The van der Waals surface area contributed by atoms with Gasteiger partial charge in [0.2, 0.25) is 0 Å². The zero-order valence-electron chi connectivity index (χ0n) is 6.87. The molecule has 0 aliphatic heterocycles. The fourth-order valence-electron chi connectivity index (χ4n) is 2.90. The van der Waals surface area contributed by atoms with Crippen LogP contribution in [-0.4, -0.2) is 11.2 Å². The highest BCUT2D eigenvalue weighted by molar-refractivity contribution is 4.98. The quantitative estimate of drug-likeness (QED) is 0.600. The van der Waals surface area contributed by atoms with E-state index in [9.17, 15) is 5.11 Å². The van der Waals surface area contributed by atoms with E-state index in [2.05, 4.69) is 6.58 Å². The van der Waals surface area contributed by atoms with Gasteiger partial charge in [0, 0.05) is 0 Å². The first-order chi connectivity index (χ1) is 5.33. The Morgan fingerprint density at radius 2 is 2.09 bits per heavy atom. The van der Waals surface area contributed by atoms with Crippen LogP contribution in [0.5, 0.6) is 0 Å². The van der Waals surface area contributed by atoms with Crippen LogP contribution in [0.2, 0.25) is 0 Å². The van der Waals surface area contributed by atoms with E-state index in [-0.39, 0.29) is 6.10 Å². The lowest BCUT2D eigenvalue weighted by Crippen LogP contribution is -2.26. The van der Waals surface area contributed by atoms with Crippen LogP contribution in [0.4, 0.5) is 0 Å². The molecular weight excluding hydrogens is 136 g/mol. The lowest BCUT2D eigenvalue weighted by Gasteiger charge is -2.25. The summed E-state index contributed by atoms with van der Waals surface area (Å²) in [5.41, 5.74) is 0. The van der Waals surface area contributed by atoms with Crippen LogP contribution in [0.25, 0.3) is 0 Å². The Bertz CT molecular complexity index is 162. The third kappa shape index (κ3) is 1.02. The third-order valence-corrected chi connectivity index (χ3v) is 3.48. The highest BCUT2D eigenvalue weighted by Crippen LogP contribution is 2.49. The summed E-state index contributed by atoms with van der Waals surface area (Å²) in [5.74, 6) is 1.99. The van der Waals surface area contributed by atoms with Gasteiger partial charge in [0.25, 0.3) is 0 Å². The number of allylic oxidation sites excluding steroid dienone is 1. The van der Waals surface area contributed by atoms with Gasteiger partial charge in [-0.05, 0) is 43.4 Å². The first-order valence-electron chi connectivity index (χ1n) is 4.62. The largest absolute Gasteiger partial charge is 0.393 e. The van der Waals surface area contributed by atoms with Gasteiger partial charge in [0.1, 0.15) is 0 Å². The molecule has 2 aliphatic rings. The van der Waals surface area contributed by atoms with Crippen LogP contribution in [0.3, 0.4) is 0 Å². The summed E-state index contributed by atoms with van der Waals surface area (Å²) in [6.45, 7) is 3.73. The van der Waals surface area contributed by atoms with Gasteiger partial charge in [-0.3, -0.25) is 0 Å². The summed E-state index contributed by atoms with van der Waals surface area (Å²) >= 11 is 0. The van der Waals surface area contributed by atoms with E-state index in [4.69, 9.17) is 0 Å². The molecule has 0 spiro atoms. The molecule has 1 heteroatoms. The maximum atomic E-state index is 9.76. The molecule has 1 N–H and O–H groups in total. The van der Waals surface area contributed by atoms with Crippen molar-refractivity contribution in [2.24, 2.45) is 17.8 Å². The molecule has 0 amide bonds. The smallest absolute Gasteiger partial charge is 0.0602 e. The number of hydrogen-bond acceptors (Lipinski definition) is 1. The molecule has 0 aromatic rings. The standard InChI is InChI=1S/C10H16O/c1-2-3-9-7-4-5-8(6-7)10(9)11/h2,7-11H,1,3-6H2/t7-,8+,9+,10-/m0/s1. The van der Waals surface area contributed by atoms with Gasteiger partial charge < -0.3 is 5.11 Å². The Morgan fingerprint density at radius 3 is 2.64 bits per heavy atom. The minimum absolute atomic E-state index is 0.00764. The van der Waals surface area contributed by atoms with Crippen molar-refractivity contribution >= 4 is 0 Å². The van der Waals surface area contributed by atoms with Crippen molar-refractivity contribution < 1.29 is 5.11 Å². The number of aliphatic hydroxyl groups excluding tert-OH is 1. The molecule has 2 fully saturated rings. The summed E-state index contributed by atoms with van der Waals surface area (Å²) < 4.78 is 0. The molecular formula is C10H16O. The van der Waals surface area contributed by atoms with E-state index in [0.717, 1.165) is 12.3 Å². The highest BCUT2D eigenvalue weighted by Gasteiger charge is 2.45. The first kappa shape index (κ1) is 7.35. The molecule has 11 heavy (non-hydrogen) atoms. The number of fused-ring (bicyclic) bond motifs is 2.